The molecule has 2 unspecified atom stereocenters. The van der Waals surface area contributed by atoms with Gasteiger partial charge in [0, 0.05) is 5.75 Å². The topological polar surface area (TPSA) is 38.7 Å². The Bertz CT molecular complexity index is 352. The van der Waals surface area contributed by atoms with Gasteiger partial charge in [0.15, 0.2) is 0 Å². The van der Waals surface area contributed by atoms with Crippen molar-refractivity contribution in [2.45, 2.75) is 51.6 Å². The Morgan fingerprint density at radius 3 is 2.74 bits per heavy atom. The van der Waals surface area contributed by atoms with Crippen molar-refractivity contribution in [1.29, 1.82) is 0 Å². The van der Waals surface area contributed by atoms with Gasteiger partial charge >= 0.3 is 7.12 Å². The predicted molar refractivity (Wildman–Crippen MR) is 79.3 cm³/mol. The molecule has 3 aliphatic carbocycles. The van der Waals surface area contributed by atoms with Gasteiger partial charge in [0.05, 0.1) is 18.3 Å². The van der Waals surface area contributed by atoms with Crippen molar-refractivity contribution in [2.75, 3.05) is 18.1 Å². The highest BCUT2D eigenvalue weighted by Crippen LogP contribution is 2.65. The molecule has 3 nitrogen and oxygen atoms in total. The van der Waals surface area contributed by atoms with Gasteiger partial charge in [-0.15, -0.1) is 0 Å². The Morgan fingerprint density at radius 1 is 1.26 bits per heavy atom. The third-order valence-electron chi connectivity index (χ3n) is 5.74. The summed E-state index contributed by atoms with van der Waals surface area (Å²) in [5, 5.41) is 8.78. The Morgan fingerprint density at radius 2 is 2.05 bits per heavy atom. The van der Waals surface area contributed by atoms with E-state index in [2.05, 4.69) is 20.8 Å². The van der Waals surface area contributed by atoms with E-state index >= 15 is 0 Å². The van der Waals surface area contributed by atoms with Gasteiger partial charge < -0.3 is 14.4 Å². The monoisotopic (exact) mass is 284 g/mol. The molecule has 4 fully saturated rings. The molecule has 19 heavy (non-hydrogen) atoms. The summed E-state index contributed by atoms with van der Waals surface area (Å²) >= 11 is 1.77. The Balaban J connectivity index is 1.58. The number of rotatable bonds is 5. The molecule has 0 aromatic rings. The maximum absolute atomic E-state index is 8.78. The number of thioether (sulfide) groups is 1. The second-order valence-electron chi connectivity index (χ2n) is 7.02. The van der Waals surface area contributed by atoms with E-state index in [0.717, 1.165) is 23.7 Å². The summed E-state index contributed by atoms with van der Waals surface area (Å²) in [6.07, 6.45) is 3.72. The second kappa shape index (κ2) is 4.94. The van der Waals surface area contributed by atoms with Crippen molar-refractivity contribution in [1.82, 2.24) is 0 Å². The van der Waals surface area contributed by atoms with Crippen LogP contribution in [0.15, 0.2) is 0 Å². The summed E-state index contributed by atoms with van der Waals surface area (Å²) in [6, 6.07) is 0. The summed E-state index contributed by atoms with van der Waals surface area (Å²) in [6.45, 7) is 7.30. The van der Waals surface area contributed by atoms with Gasteiger partial charge in [-0.2, -0.15) is 11.8 Å². The molecule has 4 atom stereocenters. The van der Waals surface area contributed by atoms with Gasteiger partial charge in [0.25, 0.3) is 0 Å². The van der Waals surface area contributed by atoms with Crippen molar-refractivity contribution in [3.05, 3.63) is 0 Å². The molecule has 0 spiro atoms. The van der Waals surface area contributed by atoms with Crippen LogP contribution in [-0.2, 0) is 9.31 Å². The van der Waals surface area contributed by atoms with Crippen molar-refractivity contribution in [3.63, 3.8) is 0 Å². The van der Waals surface area contributed by atoms with Crippen LogP contribution in [0.1, 0.15) is 33.6 Å². The molecule has 0 aromatic heterocycles. The van der Waals surface area contributed by atoms with Crippen molar-refractivity contribution < 1.29 is 14.4 Å². The SMILES string of the molecule is CC1(C)C2CC1[C@]1(C)OB(CCSCCO)O[C@@H]1C2. The highest BCUT2D eigenvalue weighted by molar-refractivity contribution is 7.99. The zero-order valence-electron chi connectivity index (χ0n) is 12.2. The average Bonchev–Trinajstić information content (AvgIpc) is 2.70. The largest absolute Gasteiger partial charge is 0.458 e. The molecule has 1 heterocycles. The molecule has 1 N–H and O–H groups in total. The lowest BCUT2D eigenvalue weighted by Crippen LogP contribution is -2.65. The van der Waals surface area contributed by atoms with E-state index in [1.54, 1.807) is 11.8 Å². The van der Waals surface area contributed by atoms with Crippen LogP contribution >= 0.6 is 11.8 Å². The lowest BCUT2D eigenvalue weighted by Gasteiger charge is -2.64. The minimum Gasteiger partial charge on any atom is -0.405 e. The standard InChI is InChI=1S/C14H25BO3S/c1-13(2)10-8-11(13)14(3)12(9-10)17-15(18-14)4-6-19-7-5-16/h10-12,16H,4-9H2,1-3H3/t10?,11?,12-,14+/m1/s1. The second-order valence-corrected chi connectivity index (χ2v) is 8.25. The fourth-order valence-corrected chi connectivity index (χ4v) is 5.11. The molecule has 0 amide bonds. The summed E-state index contributed by atoms with van der Waals surface area (Å²) in [4.78, 5) is 0. The molecular formula is C14H25BO3S. The van der Waals surface area contributed by atoms with E-state index in [1.165, 1.54) is 12.8 Å². The first kappa shape index (κ1) is 14.2. The average molecular weight is 284 g/mol. The molecule has 4 rings (SSSR count). The molecule has 0 aromatic carbocycles. The first-order chi connectivity index (χ1) is 8.98. The fraction of sp³-hybridized carbons (Fsp3) is 1.00. The lowest BCUT2D eigenvalue weighted by molar-refractivity contribution is -0.199. The van der Waals surface area contributed by atoms with Gasteiger partial charge in [-0.3, -0.25) is 0 Å². The lowest BCUT2D eigenvalue weighted by atomic mass is 9.43. The minimum atomic E-state index is -0.0649. The predicted octanol–water partition coefficient (Wildman–Crippen LogP) is 2.44. The zero-order valence-corrected chi connectivity index (χ0v) is 13.0. The molecule has 4 aliphatic rings. The summed E-state index contributed by atoms with van der Waals surface area (Å²) in [5.41, 5.74) is 0.361. The van der Waals surface area contributed by atoms with Crippen LogP contribution in [0, 0.1) is 17.3 Å². The maximum atomic E-state index is 8.78. The van der Waals surface area contributed by atoms with E-state index < -0.39 is 0 Å². The summed E-state index contributed by atoms with van der Waals surface area (Å²) < 4.78 is 12.5. The van der Waals surface area contributed by atoms with Gasteiger partial charge in [0.2, 0.25) is 0 Å². The van der Waals surface area contributed by atoms with Crippen molar-refractivity contribution in [3.8, 4) is 0 Å². The zero-order chi connectivity index (χ0) is 13.7. The van der Waals surface area contributed by atoms with Crippen LogP contribution < -0.4 is 0 Å². The molecule has 2 bridgehead atoms. The fourth-order valence-electron chi connectivity index (χ4n) is 4.42. The highest BCUT2D eigenvalue weighted by atomic mass is 32.2. The Labute approximate surface area is 121 Å². The van der Waals surface area contributed by atoms with Crippen LogP contribution in [0.5, 0.6) is 0 Å². The van der Waals surface area contributed by atoms with Crippen LogP contribution in [0.4, 0.5) is 0 Å². The Hall–Kier alpha value is 0.295. The maximum Gasteiger partial charge on any atom is 0.458 e. The van der Waals surface area contributed by atoms with Crippen molar-refractivity contribution in [2.24, 2.45) is 17.3 Å². The van der Waals surface area contributed by atoms with Gasteiger partial charge in [-0.05, 0) is 49.1 Å². The molecule has 1 aliphatic heterocycles. The third-order valence-corrected chi connectivity index (χ3v) is 6.73. The number of aliphatic hydroxyl groups excluding tert-OH is 1. The smallest absolute Gasteiger partial charge is 0.405 e. The Kier molecular flexibility index (Phi) is 3.70. The quantitative estimate of drug-likeness (QED) is 0.621. The van der Waals surface area contributed by atoms with E-state index in [9.17, 15) is 0 Å². The summed E-state index contributed by atoms with van der Waals surface area (Å²) in [7, 11) is -0.0312. The van der Waals surface area contributed by atoms with Crippen LogP contribution in [-0.4, -0.2) is 42.0 Å². The first-order valence-corrected chi connectivity index (χ1v) is 8.66. The molecule has 5 heteroatoms. The normalized spacial score (nSPS) is 42.9. The van der Waals surface area contributed by atoms with E-state index in [0.29, 0.717) is 17.4 Å². The first-order valence-electron chi connectivity index (χ1n) is 7.50. The molecule has 108 valence electrons. The molecule has 1 saturated heterocycles. The molecule has 3 saturated carbocycles. The molecular weight excluding hydrogens is 259 g/mol. The highest BCUT2D eigenvalue weighted by Gasteiger charge is 2.67. The van der Waals surface area contributed by atoms with E-state index in [-0.39, 0.29) is 19.3 Å². The summed E-state index contributed by atoms with van der Waals surface area (Å²) in [5.74, 6) is 3.29. The number of aliphatic hydroxyl groups is 1. The van der Waals surface area contributed by atoms with E-state index in [1.807, 2.05) is 0 Å². The van der Waals surface area contributed by atoms with Crippen molar-refractivity contribution >= 4 is 18.9 Å². The third kappa shape index (κ3) is 2.17. The van der Waals surface area contributed by atoms with Gasteiger partial charge in [-0.1, -0.05) is 13.8 Å². The number of hydrogen-bond acceptors (Lipinski definition) is 4. The van der Waals surface area contributed by atoms with Crippen LogP contribution in [0.2, 0.25) is 6.32 Å². The van der Waals surface area contributed by atoms with Crippen LogP contribution in [0.3, 0.4) is 0 Å². The van der Waals surface area contributed by atoms with Gasteiger partial charge in [-0.25, -0.2) is 0 Å². The van der Waals surface area contributed by atoms with E-state index in [4.69, 9.17) is 14.4 Å². The number of hydrogen-bond donors (Lipinski definition) is 1. The van der Waals surface area contributed by atoms with Gasteiger partial charge in [0.1, 0.15) is 0 Å². The van der Waals surface area contributed by atoms with Crippen LogP contribution in [0.25, 0.3) is 0 Å². The minimum absolute atomic E-state index is 0.0312. The molecule has 0 radical (unpaired) electrons.